The fourth-order valence-electron chi connectivity index (χ4n) is 2.15. The molecule has 24 heavy (non-hydrogen) atoms. The maximum Gasteiger partial charge on any atom is 0.425 e. The van der Waals surface area contributed by atoms with E-state index in [1.54, 1.807) is 39.0 Å². The highest BCUT2D eigenvalue weighted by atomic mass is 79.9. The van der Waals surface area contributed by atoms with E-state index in [0.29, 0.717) is 33.4 Å². The van der Waals surface area contributed by atoms with Crippen molar-refractivity contribution in [1.29, 1.82) is 0 Å². The zero-order valence-corrected chi connectivity index (χ0v) is 15.7. The Kier molecular flexibility index (Phi) is 5.44. The number of hydrogen-bond acceptors (Lipinski definition) is 3. The van der Waals surface area contributed by atoms with E-state index in [4.69, 9.17) is 4.74 Å². The lowest BCUT2D eigenvalue weighted by Crippen LogP contribution is -2.25. The van der Waals surface area contributed by atoms with E-state index >= 15 is 0 Å². The first-order valence-electron chi connectivity index (χ1n) is 7.10. The molecule has 7 heteroatoms. The molecule has 1 aromatic heterocycles. The van der Waals surface area contributed by atoms with Crippen LogP contribution in [-0.4, -0.2) is 11.6 Å². The number of hydrogen-bond donors (Lipinski definition) is 0. The van der Waals surface area contributed by atoms with E-state index < -0.39 is 22.6 Å². The minimum absolute atomic E-state index is 0.288. The average molecular weight is 421 g/mol. The number of thiophene rings is 1. The van der Waals surface area contributed by atoms with Gasteiger partial charge in [-0.2, -0.15) is 13.2 Å². The Morgan fingerprint density at radius 1 is 1.25 bits per heavy atom. The van der Waals surface area contributed by atoms with Crippen LogP contribution in [0.3, 0.4) is 0 Å². The van der Waals surface area contributed by atoms with Gasteiger partial charge < -0.3 is 4.74 Å². The minimum atomic E-state index is -4.40. The molecule has 2 aromatic rings. The van der Waals surface area contributed by atoms with Crippen molar-refractivity contribution in [3.63, 3.8) is 0 Å². The van der Waals surface area contributed by atoms with E-state index in [0.717, 1.165) is 6.07 Å². The number of esters is 1. The molecule has 0 atom stereocenters. The molecule has 0 aliphatic heterocycles. The van der Waals surface area contributed by atoms with Crippen LogP contribution in [0.2, 0.25) is 0 Å². The van der Waals surface area contributed by atoms with E-state index in [-0.39, 0.29) is 5.56 Å². The summed E-state index contributed by atoms with van der Waals surface area (Å²) in [7, 11) is 0. The van der Waals surface area contributed by atoms with Crippen molar-refractivity contribution in [2.45, 2.75) is 37.9 Å². The smallest absolute Gasteiger partial charge is 0.425 e. The number of carbonyl (C=O) groups excluding carboxylic acids is 1. The molecule has 0 aliphatic carbocycles. The molecule has 0 radical (unpaired) electrons. The van der Waals surface area contributed by atoms with Crippen LogP contribution in [0.1, 0.15) is 41.6 Å². The van der Waals surface area contributed by atoms with Crippen molar-refractivity contribution < 1.29 is 22.7 Å². The van der Waals surface area contributed by atoms with E-state index in [1.165, 1.54) is 5.38 Å². The van der Waals surface area contributed by atoms with Crippen LogP contribution >= 0.6 is 27.3 Å². The van der Waals surface area contributed by atoms with Gasteiger partial charge in [-0.1, -0.05) is 34.1 Å². The Bertz CT molecular complexity index is 745. The zero-order chi connectivity index (χ0) is 18.1. The Labute approximate surface area is 150 Å². The predicted octanol–water partition coefficient (Wildman–Crippen LogP) is 6.28. The number of benzene rings is 1. The van der Waals surface area contributed by atoms with Gasteiger partial charge >= 0.3 is 12.1 Å². The van der Waals surface area contributed by atoms with Crippen LogP contribution in [0.15, 0.2) is 29.6 Å². The van der Waals surface area contributed by atoms with Crippen molar-refractivity contribution in [2.24, 2.45) is 0 Å². The lowest BCUT2D eigenvalue weighted by molar-refractivity contribution is -0.134. The molecule has 0 saturated carbocycles. The second-order valence-electron chi connectivity index (χ2n) is 6.17. The summed E-state index contributed by atoms with van der Waals surface area (Å²) in [6, 6.07) is 6.15. The lowest BCUT2D eigenvalue weighted by atomic mass is 9.97. The molecule has 2 nitrogen and oxygen atoms in total. The monoisotopic (exact) mass is 420 g/mol. The maximum absolute atomic E-state index is 12.9. The number of rotatable bonds is 3. The zero-order valence-electron chi connectivity index (χ0n) is 13.3. The van der Waals surface area contributed by atoms with Crippen LogP contribution in [0.5, 0.6) is 0 Å². The number of ether oxygens (including phenoxy) is 1. The van der Waals surface area contributed by atoms with Crippen molar-refractivity contribution in [2.75, 3.05) is 0 Å². The molecular formula is C17H16BrF3O2S. The topological polar surface area (TPSA) is 26.3 Å². The van der Waals surface area contributed by atoms with Crippen molar-refractivity contribution in [1.82, 2.24) is 0 Å². The molecular weight excluding hydrogens is 405 g/mol. The standard InChI is InChI=1S/C17H16BrF3O2S/c1-16(2,3)23-15(22)14-10(8-18)5-4-6-12(14)11-7-13(24-9-11)17(19,20)21/h4-7,9H,8H2,1-3H3. The molecule has 1 aromatic carbocycles. The fourth-order valence-corrected chi connectivity index (χ4v) is 3.39. The largest absolute Gasteiger partial charge is 0.456 e. The van der Waals surface area contributed by atoms with Crippen LogP contribution in [0.4, 0.5) is 13.2 Å². The normalized spacial score (nSPS) is 12.3. The SMILES string of the molecule is CC(C)(C)OC(=O)c1c(CBr)cccc1-c1csc(C(F)(F)F)c1. The quantitative estimate of drug-likeness (QED) is 0.431. The summed E-state index contributed by atoms with van der Waals surface area (Å²) in [6.45, 7) is 5.23. The van der Waals surface area contributed by atoms with E-state index in [2.05, 4.69) is 15.9 Å². The summed E-state index contributed by atoms with van der Waals surface area (Å²) in [4.78, 5) is 11.9. The highest BCUT2D eigenvalue weighted by molar-refractivity contribution is 9.08. The van der Waals surface area contributed by atoms with Crippen LogP contribution in [0.25, 0.3) is 11.1 Å². The Balaban J connectivity index is 2.55. The molecule has 0 bridgehead atoms. The van der Waals surface area contributed by atoms with Crippen LogP contribution < -0.4 is 0 Å². The third-order valence-electron chi connectivity index (χ3n) is 3.09. The summed E-state index contributed by atoms with van der Waals surface area (Å²) in [6.07, 6.45) is -4.40. The van der Waals surface area contributed by atoms with Gasteiger partial charge in [0.05, 0.1) is 5.56 Å². The summed E-state index contributed by atoms with van der Waals surface area (Å²) < 4.78 is 44.0. The molecule has 0 aliphatic rings. The third kappa shape index (κ3) is 4.39. The Hall–Kier alpha value is -1.34. The second-order valence-corrected chi connectivity index (χ2v) is 7.64. The summed E-state index contributed by atoms with van der Waals surface area (Å²) in [5.74, 6) is -0.549. The molecule has 0 spiro atoms. The average Bonchev–Trinajstić information content (AvgIpc) is 2.94. The van der Waals surface area contributed by atoms with Crippen molar-refractivity contribution in [3.05, 3.63) is 45.6 Å². The molecule has 130 valence electrons. The summed E-state index contributed by atoms with van der Waals surface area (Å²) >= 11 is 3.92. The minimum Gasteiger partial charge on any atom is -0.456 e. The third-order valence-corrected chi connectivity index (χ3v) is 4.67. The van der Waals surface area contributed by atoms with E-state index in [9.17, 15) is 18.0 Å². The van der Waals surface area contributed by atoms with Gasteiger partial charge in [0.1, 0.15) is 10.5 Å². The van der Waals surface area contributed by atoms with Crippen molar-refractivity contribution in [3.8, 4) is 11.1 Å². The van der Waals surface area contributed by atoms with Crippen molar-refractivity contribution >= 4 is 33.2 Å². The van der Waals surface area contributed by atoms with Gasteiger partial charge in [0.15, 0.2) is 0 Å². The van der Waals surface area contributed by atoms with Gasteiger partial charge in [0.25, 0.3) is 0 Å². The first-order chi connectivity index (χ1) is 11.0. The predicted molar refractivity (Wildman–Crippen MR) is 92.6 cm³/mol. The maximum atomic E-state index is 12.9. The van der Waals surface area contributed by atoms with E-state index in [1.807, 2.05) is 0 Å². The molecule has 2 rings (SSSR count). The Morgan fingerprint density at radius 3 is 2.42 bits per heavy atom. The Morgan fingerprint density at radius 2 is 1.92 bits per heavy atom. The van der Waals surface area contributed by atoms with Gasteiger partial charge in [0.2, 0.25) is 0 Å². The fraction of sp³-hybridized carbons (Fsp3) is 0.353. The second kappa shape index (κ2) is 6.88. The molecule has 0 unspecified atom stereocenters. The van der Waals surface area contributed by atoms with Crippen LogP contribution in [0, 0.1) is 0 Å². The molecule has 0 saturated heterocycles. The number of carbonyl (C=O) groups is 1. The lowest BCUT2D eigenvalue weighted by Gasteiger charge is -2.21. The summed E-state index contributed by atoms with van der Waals surface area (Å²) in [5.41, 5.74) is 1.06. The highest BCUT2D eigenvalue weighted by Gasteiger charge is 2.33. The highest BCUT2D eigenvalue weighted by Crippen LogP contribution is 2.39. The van der Waals surface area contributed by atoms with Gasteiger partial charge in [-0.15, -0.1) is 11.3 Å². The van der Waals surface area contributed by atoms with Gasteiger partial charge in [-0.05, 0) is 48.9 Å². The molecule has 0 N–H and O–H groups in total. The van der Waals surface area contributed by atoms with Crippen LogP contribution in [-0.2, 0) is 16.2 Å². The molecule has 1 heterocycles. The number of alkyl halides is 4. The van der Waals surface area contributed by atoms with Gasteiger partial charge in [0, 0.05) is 5.33 Å². The van der Waals surface area contributed by atoms with Gasteiger partial charge in [-0.3, -0.25) is 0 Å². The summed E-state index contributed by atoms with van der Waals surface area (Å²) in [5, 5.41) is 1.80. The first kappa shape index (κ1) is 19.0. The molecule has 0 amide bonds. The first-order valence-corrected chi connectivity index (χ1v) is 9.10. The van der Waals surface area contributed by atoms with Gasteiger partial charge in [-0.25, -0.2) is 4.79 Å². The molecule has 0 fully saturated rings. The number of halogens is 4.